The van der Waals surface area contributed by atoms with Gasteiger partial charge in [0.05, 0.1) is 6.61 Å². The molecule has 1 aromatic carbocycles. The molecule has 0 atom stereocenters. The van der Waals surface area contributed by atoms with Crippen LogP contribution in [-0.2, 0) is 0 Å². The smallest absolute Gasteiger partial charge is 0.251 e. The van der Waals surface area contributed by atoms with E-state index in [1.165, 1.54) is 0 Å². The monoisotopic (exact) mass is 217 g/mol. The molecule has 0 spiro atoms. The number of hydrogen-bond acceptors (Lipinski definition) is 2. The van der Waals surface area contributed by atoms with E-state index < -0.39 is 0 Å². The van der Waals surface area contributed by atoms with Gasteiger partial charge in [-0.1, -0.05) is 24.3 Å². The molecule has 1 amide bonds. The summed E-state index contributed by atoms with van der Waals surface area (Å²) in [6.07, 6.45) is 5.69. The Kier molecular flexibility index (Phi) is 3.37. The van der Waals surface area contributed by atoms with E-state index in [0.29, 0.717) is 11.6 Å². The first kappa shape index (κ1) is 10.9. The van der Waals surface area contributed by atoms with Gasteiger partial charge in [0.25, 0.3) is 5.91 Å². The summed E-state index contributed by atoms with van der Waals surface area (Å²) in [5, 5.41) is 11.6. The molecule has 0 aromatic heterocycles. The van der Waals surface area contributed by atoms with Gasteiger partial charge in [0.2, 0.25) is 0 Å². The summed E-state index contributed by atoms with van der Waals surface area (Å²) >= 11 is 0. The number of carbonyl (C=O) groups excluding carboxylic acids is 1. The Balaban J connectivity index is 2.00. The Morgan fingerprint density at radius 3 is 2.62 bits per heavy atom. The van der Waals surface area contributed by atoms with Crippen molar-refractivity contribution < 1.29 is 9.90 Å². The molecule has 2 rings (SSSR count). The van der Waals surface area contributed by atoms with Crippen LogP contribution < -0.4 is 5.32 Å². The van der Waals surface area contributed by atoms with Crippen LogP contribution in [0.5, 0.6) is 0 Å². The first-order chi connectivity index (χ1) is 7.79. The number of hydrogen-bond donors (Lipinski definition) is 2. The topological polar surface area (TPSA) is 49.3 Å². The van der Waals surface area contributed by atoms with Gasteiger partial charge in [-0.15, -0.1) is 0 Å². The Labute approximate surface area is 94.8 Å². The van der Waals surface area contributed by atoms with Crippen molar-refractivity contribution in [3.8, 4) is 0 Å². The van der Waals surface area contributed by atoms with Crippen LogP contribution >= 0.6 is 0 Å². The molecule has 1 saturated carbocycles. The van der Waals surface area contributed by atoms with Gasteiger partial charge in [-0.3, -0.25) is 4.79 Å². The van der Waals surface area contributed by atoms with Crippen LogP contribution in [0.1, 0.15) is 28.8 Å². The minimum absolute atomic E-state index is 0.000174. The Morgan fingerprint density at radius 2 is 2.06 bits per heavy atom. The lowest BCUT2D eigenvalue weighted by molar-refractivity contribution is 0.0951. The van der Waals surface area contributed by atoms with Gasteiger partial charge in [-0.05, 0) is 30.5 Å². The van der Waals surface area contributed by atoms with E-state index in [2.05, 4.69) is 5.32 Å². The highest BCUT2D eigenvalue weighted by molar-refractivity contribution is 5.94. The third-order valence-corrected chi connectivity index (χ3v) is 2.50. The summed E-state index contributed by atoms with van der Waals surface area (Å²) in [5.41, 5.74) is 1.67. The SMILES string of the molecule is O=C(NC1CC1)c1ccc(C=CCO)cc1. The Hall–Kier alpha value is -1.61. The lowest BCUT2D eigenvalue weighted by Gasteiger charge is -2.03. The molecule has 0 heterocycles. The summed E-state index contributed by atoms with van der Waals surface area (Å²) in [7, 11) is 0. The first-order valence-electron chi connectivity index (χ1n) is 5.48. The molecule has 16 heavy (non-hydrogen) atoms. The van der Waals surface area contributed by atoms with Crippen LogP contribution in [0.15, 0.2) is 30.3 Å². The minimum atomic E-state index is 0.000174. The molecule has 2 N–H and O–H groups in total. The van der Waals surface area contributed by atoms with Gasteiger partial charge in [-0.25, -0.2) is 0 Å². The number of aliphatic hydroxyl groups is 1. The van der Waals surface area contributed by atoms with Crippen molar-refractivity contribution in [3.63, 3.8) is 0 Å². The van der Waals surface area contributed by atoms with Gasteiger partial charge < -0.3 is 10.4 Å². The summed E-state index contributed by atoms with van der Waals surface area (Å²) < 4.78 is 0. The van der Waals surface area contributed by atoms with Gasteiger partial charge >= 0.3 is 0 Å². The maximum atomic E-state index is 11.7. The van der Waals surface area contributed by atoms with Crippen LogP contribution in [-0.4, -0.2) is 23.7 Å². The summed E-state index contributed by atoms with van der Waals surface area (Å²) in [6, 6.07) is 7.73. The predicted octanol–water partition coefficient (Wildman–Crippen LogP) is 1.58. The molecule has 1 fully saturated rings. The third-order valence-electron chi connectivity index (χ3n) is 2.50. The fourth-order valence-electron chi connectivity index (χ4n) is 1.43. The van der Waals surface area contributed by atoms with Crippen LogP contribution in [0.2, 0.25) is 0 Å². The van der Waals surface area contributed by atoms with Crippen LogP contribution in [0.3, 0.4) is 0 Å². The van der Waals surface area contributed by atoms with E-state index in [4.69, 9.17) is 5.11 Å². The summed E-state index contributed by atoms with van der Waals surface area (Å²) in [6.45, 7) is 0.0317. The van der Waals surface area contributed by atoms with Crippen molar-refractivity contribution in [3.05, 3.63) is 41.5 Å². The number of amides is 1. The second kappa shape index (κ2) is 4.94. The van der Waals surface area contributed by atoms with Gasteiger partial charge in [-0.2, -0.15) is 0 Å². The van der Waals surface area contributed by atoms with E-state index in [9.17, 15) is 4.79 Å². The zero-order valence-electron chi connectivity index (χ0n) is 9.02. The van der Waals surface area contributed by atoms with Crippen molar-refractivity contribution in [2.24, 2.45) is 0 Å². The van der Waals surface area contributed by atoms with Gasteiger partial charge in [0.15, 0.2) is 0 Å². The molecule has 0 aliphatic heterocycles. The second-order valence-corrected chi connectivity index (χ2v) is 3.95. The van der Waals surface area contributed by atoms with E-state index in [1.54, 1.807) is 18.2 Å². The number of carbonyl (C=O) groups is 1. The molecule has 1 aliphatic carbocycles. The molecule has 3 nitrogen and oxygen atoms in total. The lowest BCUT2D eigenvalue weighted by Crippen LogP contribution is -2.25. The van der Waals surface area contributed by atoms with Crippen molar-refractivity contribution in [2.45, 2.75) is 18.9 Å². The fourth-order valence-corrected chi connectivity index (χ4v) is 1.43. The first-order valence-corrected chi connectivity index (χ1v) is 5.48. The normalized spacial score (nSPS) is 15.3. The van der Waals surface area contributed by atoms with Crippen molar-refractivity contribution >= 4 is 12.0 Å². The highest BCUT2D eigenvalue weighted by atomic mass is 16.2. The zero-order valence-corrected chi connectivity index (χ0v) is 9.02. The Morgan fingerprint density at radius 1 is 1.38 bits per heavy atom. The molecule has 1 aromatic rings. The number of rotatable bonds is 4. The van der Waals surface area contributed by atoms with E-state index >= 15 is 0 Å². The largest absolute Gasteiger partial charge is 0.392 e. The maximum Gasteiger partial charge on any atom is 0.251 e. The van der Waals surface area contributed by atoms with Crippen LogP contribution in [0, 0.1) is 0 Å². The molecule has 3 heteroatoms. The molecule has 0 saturated heterocycles. The standard InChI is InChI=1S/C13H15NO2/c15-9-1-2-10-3-5-11(6-4-10)13(16)14-12-7-8-12/h1-6,12,15H,7-9H2,(H,14,16). The fraction of sp³-hybridized carbons (Fsp3) is 0.308. The average Bonchev–Trinajstić information content (AvgIpc) is 3.11. The lowest BCUT2D eigenvalue weighted by atomic mass is 10.1. The summed E-state index contributed by atoms with van der Waals surface area (Å²) in [5.74, 6) is 0.000174. The molecule has 84 valence electrons. The van der Waals surface area contributed by atoms with Crippen LogP contribution in [0.25, 0.3) is 6.08 Å². The molecule has 1 aliphatic rings. The van der Waals surface area contributed by atoms with E-state index in [0.717, 1.165) is 18.4 Å². The average molecular weight is 217 g/mol. The number of nitrogens with one attached hydrogen (secondary N) is 1. The van der Waals surface area contributed by atoms with Crippen molar-refractivity contribution in [1.29, 1.82) is 0 Å². The van der Waals surface area contributed by atoms with Crippen LogP contribution in [0.4, 0.5) is 0 Å². The van der Waals surface area contributed by atoms with Gasteiger partial charge in [0.1, 0.15) is 0 Å². The predicted molar refractivity (Wildman–Crippen MR) is 63.1 cm³/mol. The molecule has 0 unspecified atom stereocenters. The Bertz CT molecular complexity index is 391. The quantitative estimate of drug-likeness (QED) is 0.804. The number of aliphatic hydroxyl groups excluding tert-OH is 1. The molecular weight excluding hydrogens is 202 g/mol. The zero-order chi connectivity index (χ0) is 11.4. The summed E-state index contributed by atoms with van der Waals surface area (Å²) in [4.78, 5) is 11.7. The molecule has 0 radical (unpaired) electrons. The van der Waals surface area contributed by atoms with Gasteiger partial charge in [0, 0.05) is 11.6 Å². The maximum absolute atomic E-state index is 11.7. The van der Waals surface area contributed by atoms with Crippen molar-refractivity contribution in [1.82, 2.24) is 5.32 Å². The van der Waals surface area contributed by atoms with E-state index in [1.807, 2.05) is 18.2 Å². The molecule has 0 bridgehead atoms. The highest BCUT2D eigenvalue weighted by Gasteiger charge is 2.23. The number of benzene rings is 1. The van der Waals surface area contributed by atoms with E-state index in [-0.39, 0.29) is 12.5 Å². The van der Waals surface area contributed by atoms with Crippen molar-refractivity contribution in [2.75, 3.05) is 6.61 Å². The minimum Gasteiger partial charge on any atom is -0.392 e. The molecular formula is C13H15NO2. The highest BCUT2D eigenvalue weighted by Crippen LogP contribution is 2.19. The second-order valence-electron chi connectivity index (χ2n) is 3.95. The third kappa shape index (κ3) is 2.94.